The zero-order valence-electron chi connectivity index (χ0n) is 20.6. The number of carbonyl (C=O) groups excluding carboxylic acids is 3. The quantitative estimate of drug-likeness (QED) is 0.285. The van der Waals surface area contributed by atoms with Gasteiger partial charge in [-0.15, -0.1) is 0 Å². The highest BCUT2D eigenvalue weighted by Gasteiger charge is 2.37. The average molecular weight is 539 g/mol. The molecule has 4 rings (SSSR count). The van der Waals surface area contributed by atoms with Crippen LogP contribution in [0.25, 0.3) is 6.08 Å². The number of urea groups is 1. The van der Waals surface area contributed by atoms with Crippen LogP contribution in [0, 0.1) is 5.82 Å². The zero-order chi connectivity index (χ0) is 27.2. The summed E-state index contributed by atoms with van der Waals surface area (Å²) in [4.78, 5) is 39.2. The third-order valence-electron chi connectivity index (χ3n) is 5.53. The highest BCUT2D eigenvalue weighted by Crippen LogP contribution is 2.38. The van der Waals surface area contributed by atoms with Gasteiger partial charge in [0.15, 0.2) is 11.5 Å². The number of ether oxygens (including phenoxy) is 3. The number of hydrogen-bond donors (Lipinski definition) is 1. The minimum Gasteiger partial charge on any atom is -0.494 e. The summed E-state index contributed by atoms with van der Waals surface area (Å²) in [5, 5.41) is 2.35. The summed E-state index contributed by atoms with van der Waals surface area (Å²) in [6.07, 6.45) is 2.15. The molecule has 3 aromatic carbocycles. The standard InChI is InChI=1S/C28H24ClFN2O6/c1-3-12-37-21-10-8-20(9-11-21)32-27(34)22(26(33)31-28(32)35)13-18-14-23(29)25(24(15-18)36-2)38-16-17-4-6-19(30)7-5-17/h4-11,13-15H,3,12,16H2,1-2H3,(H,31,33,35)/b22-13-. The van der Waals surface area contributed by atoms with E-state index in [1.807, 2.05) is 6.92 Å². The number of imide groups is 2. The van der Waals surface area contributed by atoms with Crippen molar-refractivity contribution in [3.63, 3.8) is 0 Å². The van der Waals surface area contributed by atoms with Gasteiger partial charge in [-0.05, 0) is 72.2 Å². The molecular weight excluding hydrogens is 515 g/mol. The van der Waals surface area contributed by atoms with E-state index in [2.05, 4.69) is 5.32 Å². The van der Waals surface area contributed by atoms with Crippen LogP contribution in [-0.2, 0) is 16.2 Å². The van der Waals surface area contributed by atoms with Crippen LogP contribution in [0.1, 0.15) is 24.5 Å². The SMILES string of the molecule is CCCOc1ccc(N2C(=O)NC(=O)/C(=C/c3cc(Cl)c(OCc4ccc(F)cc4)c(OC)c3)C2=O)cc1. The first-order chi connectivity index (χ1) is 18.3. The Kier molecular flexibility index (Phi) is 8.28. The molecule has 1 fully saturated rings. The van der Waals surface area contributed by atoms with Crippen LogP contribution in [0.2, 0.25) is 5.02 Å². The molecule has 0 saturated carbocycles. The number of benzene rings is 3. The van der Waals surface area contributed by atoms with Crippen molar-refractivity contribution in [1.29, 1.82) is 0 Å². The molecule has 0 aromatic heterocycles. The van der Waals surface area contributed by atoms with Crippen LogP contribution < -0.4 is 24.4 Å². The number of nitrogens with one attached hydrogen (secondary N) is 1. The van der Waals surface area contributed by atoms with Gasteiger partial charge in [0, 0.05) is 0 Å². The number of anilines is 1. The highest BCUT2D eigenvalue weighted by molar-refractivity contribution is 6.39. The third kappa shape index (κ3) is 5.95. The van der Waals surface area contributed by atoms with Gasteiger partial charge in [-0.25, -0.2) is 14.1 Å². The van der Waals surface area contributed by atoms with Crippen molar-refractivity contribution in [3.8, 4) is 17.2 Å². The Morgan fingerprint density at radius 3 is 2.37 bits per heavy atom. The Morgan fingerprint density at radius 1 is 1.00 bits per heavy atom. The number of halogens is 2. The molecule has 38 heavy (non-hydrogen) atoms. The van der Waals surface area contributed by atoms with Crippen molar-refractivity contribution in [3.05, 3.63) is 88.2 Å². The Balaban J connectivity index is 1.59. The second-order valence-corrected chi connectivity index (χ2v) is 8.66. The number of nitrogens with zero attached hydrogens (tertiary/aromatic N) is 1. The van der Waals surface area contributed by atoms with Crippen molar-refractivity contribution in [2.45, 2.75) is 20.0 Å². The van der Waals surface area contributed by atoms with E-state index in [1.54, 1.807) is 42.5 Å². The first-order valence-corrected chi connectivity index (χ1v) is 12.1. The topological polar surface area (TPSA) is 94.2 Å². The first-order valence-electron chi connectivity index (χ1n) is 11.7. The largest absolute Gasteiger partial charge is 0.494 e. The molecule has 0 aliphatic carbocycles. The molecule has 8 nitrogen and oxygen atoms in total. The van der Waals surface area contributed by atoms with Gasteiger partial charge in [0.25, 0.3) is 11.8 Å². The molecule has 196 valence electrons. The summed E-state index contributed by atoms with van der Waals surface area (Å²) in [6, 6.07) is 14.4. The van der Waals surface area contributed by atoms with E-state index >= 15 is 0 Å². The molecule has 0 radical (unpaired) electrons. The van der Waals surface area contributed by atoms with Gasteiger partial charge >= 0.3 is 6.03 Å². The molecule has 0 spiro atoms. The van der Waals surface area contributed by atoms with Crippen LogP contribution >= 0.6 is 11.6 Å². The van der Waals surface area contributed by atoms with E-state index in [4.69, 9.17) is 25.8 Å². The van der Waals surface area contributed by atoms with Crippen molar-refractivity contribution in [1.82, 2.24) is 5.32 Å². The molecule has 1 heterocycles. The van der Waals surface area contributed by atoms with E-state index in [1.165, 1.54) is 31.4 Å². The predicted molar refractivity (Wildman–Crippen MR) is 140 cm³/mol. The summed E-state index contributed by atoms with van der Waals surface area (Å²) in [5.41, 5.74) is 1.09. The Bertz CT molecular complexity index is 1390. The fourth-order valence-corrected chi connectivity index (χ4v) is 3.94. The molecule has 0 unspecified atom stereocenters. The van der Waals surface area contributed by atoms with Crippen LogP contribution in [0.3, 0.4) is 0 Å². The molecule has 1 N–H and O–H groups in total. The van der Waals surface area contributed by atoms with E-state index < -0.39 is 17.8 Å². The highest BCUT2D eigenvalue weighted by atomic mass is 35.5. The lowest BCUT2D eigenvalue weighted by Crippen LogP contribution is -2.54. The van der Waals surface area contributed by atoms with Gasteiger partial charge in [-0.1, -0.05) is 30.7 Å². The molecule has 1 saturated heterocycles. The smallest absolute Gasteiger partial charge is 0.335 e. The van der Waals surface area contributed by atoms with Crippen LogP contribution in [-0.4, -0.2) is 31.6 Å². The summed E-state index contributed by atoms with van der Waals surface area (Å²) in [7, 11) is 1.42. The minimum absolute atomic E-state index is 0.108. The van der Waals surface area contributed by atoms with Crippen LogP contribution in [0.15, 0.2) is 66.2 Å². The van der Waals surface area contributed by atoms with Gasteiger partial charge < -0.3 is 14.2 Å². The van der Waals surface area contributed by atoms with Crippen molar-refractivity contribution >= 4 is 41.2 Å². The number of amides is 4. The summed E-state index contributed by atoms with van der Waals surface area (Å²) in [5.74, 6) is -0.913. The lowest BCUT2D eigenvalue weighted by molar-refractivity contribution is -0.122. The van der Waals surface area contributed by atoms with Crippen molar-refractivity contribution in [2.75, 3.05) is 18.6 Å². The van der Waals surface area contributed by atoms with E-state index in [-0.39, 0.29) is 40.2 Å². The maximum atomic E-state index is 13.2. The van der Waals surface area contributed by atoms with Crippen molar-refractivity contribution < 1.29 is 33.0 Å². The number of methoxy groups -OCH3 is 1. The number of hydrogen-bond acceptors (Lipinski definition) is 6. The Labute approximate surface area is 223 Å². The second kappa shape index (κ2) is 11.8. The minimum atomic E-state index is -0.862. The number of carbonyl (C=O) groups is 3. The number of rotatable bonds is 9. The molecule has 1 aliphatic heterocycles. The predicted octanol–water partition coefficient (Wildman–Crippen LogP) is 5.52. The monoisotopic (exact) mass is 538 g/mol. The first kappa shape index (κ1) is 26.7. The fourth-order valence-electron chi connectivity index (χ4n) is 3.67. The summed E-state index contributed by atoms with van der Waals surface area (Å²) in [6.45, 7) is 2.62. The molecule has 0 bridgehead atoms. The lowest BCUT2D eigenvalue weighted by Gasteiger charge is -2.26. The van der Waals surface area contributed by atoms with E-state index in [9.17, 15) is 18.8 Å². The second-order valence-electron chi connectivity index (χ2n) is 8.25. The maximum Gasteiger partial charge on any atom is 0.335 e. The Morgan fingerprint density at radius 2 is 1.71 bits per heavy atom. The van der Waals surface area contributed by atoms with Gasteiger partial charge in [-0.3, -0.25) is 14.9 Å². The zero-order valence-corrected chi connectivity index (χ0v) is 21.4. The summed E-state index contributed by atoms with van der Waals surface area (Å²) < 4.78 is 29.9. The van der Waals surface area contributed by atoms with E-state index in [0.717, 1.165) is 16.9 Å². The molecule has 10 heteroatoms. The molecule has 3 aromatic rings. The van der Waals surface area contributed by atoms with Crippen molar-refractivity contribution in [2.24, 2.45) is 0 Å². The maximum absolute atomic E-state index is 13.2. The van der Waals surface area contributed by atoms with Crippen LogP contribution in [0.5, 0.6) is 17.2 Å². The van der Waals surface area contributed by atoms with E-state index in [0.29, 0.717) is 17.9 Å². The van der Waals surface area contributed by atoms with Crippen LogP contribution in [0.4, 0.5) is 14.9 Å². The van der Waals surface area contributed by atoms with Gasteiger partial charge in [0.05, 0.1) is 24.4 Å². The molecular formula is C28H24ClFN2O6. The molecule has 0 atom stereocenters. The van der Waals surface area contributed by atoms with Gasteiger partial charge in [0.2, 0.25) is 0 Å². The fraction of sp³-hybridized carbons (Fsp3) is 0.179. The normalized spacial score (nSPS) is 14.5. The van der Waals surface area contributed by atoms with Gasteiger partial charge in [-0.2, -0.15) is 0 Å². The lowest BCUT2D eigenvalue weighted by atomic mass is 10.1. The Hall–Kier alpha value is -4.37. The summed E-state index contributed by atoms with van der Waals surface area (Å²) >= 11 is 6.44. The van der Waals surface area contributed by atoms with Gasteiger partial charge in [0.1, 0.15) is 23.7 Å². The average Bonchev–Trinajstić information content (AvgIpc) is 2.90. The molecule has 4 amide bonds. The molecule has 1 aliphatic rings. The third-order valence-corrected chi connectivity index (χ3v) is 5.81. The number of barbiturate groups is 1.